The summed E-state index contributed by atoms with van der Waals surface area (Å²) < 4.78 is 15.1. The molecule has 0 heterocycles. The minimum absolute atomic E-state index is 0.252. The monoisotopic (exact) mass is 712 g/mol. The lowest BCUT2D eigenvalue weighted by Crippen LogP contribution is -2.21. The number of aliphatic hydroxyl groups is 2. The zero-order valence-corrected chi connectivity index (χ0v) is 25.8. The zero-order chi connectivity index (χ0) is 24.8. The standard InChI is InChI=1S/C25H32Br4O4/c1-5-7-17(30)13-32-23-19(26)9-15(10-20(23)27)25(3,4)16-11-21(28)24(22(29)12-16)33-14-18(31)8-6-2/h9-12,17-18,30-31H,5-8,13-14H2,1-4H3. The first-order valence-corrected chi connectivity index (χ1v) is 14.3. The molecule has 184 valence electrons. The van der Waals surface area contributed by atoms with E-state index in [9.17, 15) is 10.2 Å². The van der Waals surface area contributed by atoms with Crippen LogP contribution in [0.25, 0.3) is 0 Å². The first kappa shape index (κ1) is 29.1. The van der Waals surface area contributed by atoms with Crippen LogP contribution in [0.2, 0.25) is 0 Å². The number of hydrogen-bond donors (Lipinski definition) is 2. The van der Waals surface area contributed by atoms with Crippen molar-refractivity contribution in [3.63, 3.8) is 0 Å². The molecule has 0 bridgehead atoms. The van der Waals surface area contributed by atoms with E-state index >= 15 is 0 Å². The van der Waals surface area contributed by atoms with Crippen LogP contribution in [-0.2, 0) is 5.41 Å². The van der Waals surface area contributed by atoms with Crippen molar-refractivity contribution in [2.75, 3.05) is 13.2 Å². The SMILES string of the molecule is CCCC(O)COc1c(Br)cc(C(C)(C)c2cc(Br)c(OCC(O)CCC)c(Br)c2)cc1Br. The second kappa shape index (κ2) is 13.3. The van der Waals surface area contributed by atoms with Crippen molar-refractivity contribution in [3.05, 3.63) is 53.3 Å². The Morgan fingerprint density at radius 3 is 1.27 bits per heavy atom. The van der Waals surface area contributed by atoms with Crippen LogP contribution in [0.15, 0.2) is 42.2 Å². The van der Waals surface area contributed by atoms with Gasteiger partial charge in [0.15, 0.2) is 0 Å². The van der Waals surface area contributed by atoms with Crippen LogP contribution in [0.4, 0.5) is 0 Å². The molecule has 2 rings (SSSR count). The quantitative estimate of drug-likeness (QED) is 0.233. The summed E-state index contributed by atoms with van der Waals surface area (Å²) in [6.45, 7) is 8.90. The summed E-state index contributed by atoms with van der Waals surface area (Å²) in [5, 5.41) is 20.0. The number of rotatable bonds is 12. The molecule has 8 heteroatoms. The van der Waals surface area contributed by atoms with E-state index in [1.165, 1.54) is 0 Å². The summed E-state index contributed by atoms with van der Waals surface area (Å²) >= 11 is 14.6. The minimum atomic E-state index is -0.483. The molecular formula is C25H32Br4O4. The lowest BCUT2D eigenvalue weighted by molar-refractivity contribution is 0.0985. The smallest absolute Gasteiger partial charge is 0.147 e. The molecule has 2 aromatic rings. The minimum Gasteiger partial charge on any atom is -0.489 e. The van der Waals surface area contributed by atoms with Gasteiger partial charge in [0.2, 0.25) is 0 Å². The van der Waals surface area contributed by atoms with Crippen LogP contribution in [0.3, 0.4) is 0 Å². The third kappa shape index (κ3) is 7.94. The highest BCUT2D eigenvalue weighted by Gasteiger charge is 2.27. The van der Waals surface area contributed by atoms with Gasteiger partial charge in [0.05, 0.1) is 30.1 Å². The van der Waals surface area contributed by atoms with Crippen molar-refractivity contribution < 1.29 is 19.7 Å². The summed E-state index contributed by atoms with van der Waals surface area (Å²) in [5.41, 5.74) is 1.86. The summed E-state index contributed by atoms with van der Waals surface area (Å²) in [4.78, 5) is 0. The Hall–Kier alpha value is -0.120. The third-order valence-electron chi connectivity index (χ3n) is 5.52. The van der Waals surface area contributed by atoms with Crippen LogP contribution in [0.1, 0.15) is 64.5 Å². The lowest BCUT2D eigenvalue weighted by atomic mass is 9.78. The Bertz CT molecular complexity index is 813. The van der Waals surface area contributed by atoms with Crippen molar-refractivity contribution in [1.29, 1.82) is 0 Å². The molecule has 2 N–H and O–H groups in total. The summed E-state index contributed by atoms with van der Waals surface area (Å²) in [5.74, 6) is 1.36. The molecule has 0 radical (unpaired) electrons. The van der Waals surface area contributed by atoms with Crippen molar-refractivity contribution in [1.82, 2.24) is 0 Å². The van der Waals surface area contributed by atoms with Crippen LogP contribution >= 0.6 is 63.7 Å². The molecule has 4 nitrogen and oxygen atoms in total. The Morgan fingerprint density at radius 1 is 0.697 bits per heavy atom. The number of halogens is 4. The molecule has 2 unspecified atom stereocenters. The highest BCUT2D eigenvalue weighted by molar-refractivity contribution is 9.11. The Balaban J connectivity index is 2.28. The molecule has 0 amide bonds. The summed E-state index contributed by atoms with van der Waals surface area (Å²) in [6, 6.07) is 8.22. The van der Waals surface area contributed by atoms with Gasteiger partial charge in [0, 0.05) is 5.41 Å². The van der Waals surface area contributed by atoms with Gasteiger partial charge >= 0.3 is 0 Å². The van der Waals surface area contributed by atoms with E-state index in [0.717, 1.165) is 41.9 Å². The maximum absolute atomic E-state index is 10.0. The molecular weight excluding hydrogens is 684 g/mol. The van der Waals surface area contributed by atoms with Gasteiger partial charge in [-0.3, -0.25) is 0 Å². The first-order chi connectivity index (χ1) is 15.5. The second-order valence-corrected chi connectivity index (χ2v) is 12.1. The van der Waals surface area contributed by atoms with E-state index in [0.29, 0.717) is 24.3 Å². The molecule has 33 heavy (non-hydrogen) atoms. The van der Waals surface area contributed by atoms with Gasteiger partial charge in [-0.15, -0.1) is 0 Å². The van der Waals surface area contributed by atoms with Crippen LogP contribution in [0, 0.1) is 0 Å². The first-order valence-electron chi connectivity index (χ1n) is 11.1. The Labute approximate surface area is 231 Å². The molecule has 0 aliphatic carbocycles. The predicted molar refractivity (Wildman–Crippen MR) is 149 cm³/mol. The Morgan fingerprint density at radius 2 is 1.00 bits per heavy atom. The molecule has 0 fully saturated rings. The molecule has 2 aromatic carbocycles. The summed E-state index contributed by atoms with van der Waals surface area (Å²) in [7, 11) is 0. The third-order valence-corrected chi connectivity index (χ3v) is 7.88. The predicted octanol–water partition coefficient (Wildman–Crippen LogP) is 8.14. The fraction of sp³-hybridized carbons (Fsp3) is 0.520. The fourth-order valence-electron chi connectivity index (χ4n) is 3.48. The highest BCUT2D eigenvalue weighted by atomic mass is 79.9. The highest BCUT2D eigenvalue weighted by Crippen LogP contribution is 2.44. The Kier molecular flexibility index (Phi) is 11.7. The molecule has 0 spiro atoms. The van der Waals surface area contributed by atoms with Gasteiger partial charge in [-0.1, -0.05) is 40.5 Å². The van der Waals surface area contributed by atoms with Crippen molar-refractivity contribution in [3.8, 4) is 11.5 Å². The molecule has 2 atom stereocenters. The van der Waals surface area contributed by atoms with E-state index in [-0.39, 0.29) is 18.6 Å². The number of ether oxygens (including phenoxy) is 2. The van der Waals surface area contributed by atoms with Gasteiger partial charge in [-0.05, 0) is 112 Å². The molecule has 0 aliphatic rings. The normalized spacial score (nSPS) is 13.6. The lowest BCUT2D eigenvalue weighted by Gasteiger charge is -2.28. The van der Waals surface area contributed by atoms with Crippen LogP contribution in [-0.4, -0.2) is 35.6 Å². The van der Waals surface area contributed by atoms with Crippen molar-refractivity contribution >= 4 is 63.7 Å². The van der Waals surface area contributed by atoms with E-state index < -0.39 is 12.2 Å². The number of benzene rings is 2. The van der Waals surface area contributed by atoms with Gasteiger partial charge < -0.3 is 19.7 Å². The van der Waals surface area contributed by atoms with Gasteiger partial charge in [0.1, 0.15) is 24.7 Å². The van der Waals surface area contributed by atoms with Crippen LogP contribution in [0.5, 0.6) is 11.5 Å². The zero-order valence-electron chi connectivity index (χ0n) is 19.4. The largest absolute Gasteiger partial charge is 0.489 e. The van der Waals surface area contributed by atoms with E-state index in [4.69, 9.17) is 9.47 Å². The topological polar surface area (TPSA) is 58.9 Å². The van der Waals surface area contributed by atoms with E-state index in [2.05, 4.69) is 102 Å². The van der Waals surface area contributed by atoms with E-state index in [1.54, 1.807) is 0 Å². The maximum Gasteiger partial charge on any atom is 0.147 e. The molecule has 0 saturated heterocycles. The number of hydrogen-bond acceptors (Lipinski definition) is 4. The summed E-state index contributed by atoms with van der Waals surface area (Å²) in [6.07, 6.45) is 2.28. The molecule has 0 aliphatic heterocycles. The molecule has 0 aromatic heterocycles. The van der Waals surface area contributed by atoms with Gasteiger partial charge in [-0.25, -0.2) is 0 Å². The fourth-order valence-corrected chi connectivity index (χ4v) is 6.31. The average molecular weight is 716 g/mol. The van der Waals surface area contributed by atoms with Crippen molar-refractivity contribution in [2.45, 2.75) is 71.0 Å². The second-order valence-electron chi connectivity index (χ2n) is 8.67. The van der Waals surface area contributed by atoms with E-state index in [1.807, 2.05) is 13.8 Å². The van der Waals surface area contributed by atoms with Crippen LogP contribution < -0.4 is 9.47 Å². The average Bonchev–Trinajstić information content (AvgIpc) is 2.72. The van der Waals surface area contributed by atoms with Gasteiger partial charge in [-0.2, -0.15) is 0 Å². The van der Waals surface area contributed by atoms with Gasteiger partial charge in [0.25, 0.3) is 0 Å². The van der Waals surface area contributed by atoms with Crippen molar-refractivity contribution in [2.24, 2.45) is 0 Å². The molecule has 0 saturated carbocycles. The number of aliphatic hydroxyl groups excluding tert-OH is 2. The maximum atomic E-state index is 10.0.